The van der Waals surface area contributed by atoms with Crippen molar-refractivity contribution in [3.05, 3.63) is 29.3 Å². The molecule has 1 atom stereocenters. The zero-order valence-electron chi connectivity index (χ0n) is 12.3. The molecule has 3 rings (SSSR count). The summed E-state index contributed by atoms with van der Waals surface area (Å²) in [5.41, 5.74) is 4.76. The van der Waals surface area contributed by atoms with Crippen LogP contribution in [-0.4, -0.2) is 25.2 Å². The third kappa shape index (κ3) is 2.79. The molecule has 104 valence electrons. The van der Waals surface area contributed by atoms with Crippen LogP contribution in [0.15, 0.2) is 18.2 Å². The molecule has 2 heteroatoms. The number of benzene rings is 1. The summed E-state index contributed by atoms with van der Waals surface area (Å²) in [6, 6.07) is 8.18. The van der Waals surface area contributed by atoms with Crippen LogP contribution in [0.1, 0.15) is 44.2 Å². The number of fused-ring (bicyclic) bond motifs is 1. The molecule has 19 heavy (non-hydrogen) atoms. The fourth-order valence-corrected chi connectivity index (χ4v) is 3.64. The first-order valence-corrected chi connectivity index (χ1v) is 7.86. The maximum absolute atomic E-state index is 3.68. The van der Waals surface area contributed by atoms with Crippen LogP contribution in [0.25, 0.3) is 0 Å². The number of hydrogen-bond donors (Lipinski definition) is 1. The van der Waals surface area contributed by atoms with Crippen molar-refractivity contribution in [2.75, 3.05) is 18.0 Å². The van der Waals surface area contributed by atoms with Crippen molar-refractivity contribution in [2.45, 2.75) is 58.0 Å². The SMILES string of the molecule is CC(C)NC1CCN(c2cccc3c2CCCC3)C1. The van der Waals surface area contributed by atoms with Crippen molar-refractivity contribution >= 4 is 5.69 Å². The van der Waals surface area contributed by atoms with Crippen LogP contribution >= 0.6 is 0 Å². The molecule has 1 fully saturated rings. The maximum Gasteiger partial charge on any atom is 0.0402 e. The average Bonchev–Trinajstić information content (AvgIpc) is 2.85. The van der Waals surface area contributed by atoms with E-state index in [4.69, 9.17) is 0 Å². The van der Waals surface area contributed by atoms with Gasteiger partial charge in [-0.25, -0.2) is 0 Å². The van der Waals surface area contributed by atoms with Gasteiger partial charge < -0.3 is 10.2 Å². The Hall–Kier alpha value is -1.02. The van der Waals surface area contributed by atoms with Gasteiger partial charge in [0, 0.05) is 30.9 Å². The first-order valence-electron chi connectivity index (χ1n) is 7.86. The highest BCUT2D eigenvalue weighted by Gasteiger charge is 2.25. The summed E-state index contributed by atoms with van der Waals surface area (Å²) in [7, 11) is 0. The molecule has 2 nitrogen and oxygen atoms in total. The molecular weight excluding hydrogens is 232 g/mol. The fraction of sp³-hybridized carbons (Fsp3) is 0.647. The molecule has 1 aliphatic carbocycles. The van der Waals surface area contributed by atoms with Crippen molar-refractivity contribution < 1.29 is 0 Å². The number of nitrogens with zero attached hydrogens (tertiary/aromatic N) is 1. The molecule has 1 saturated heterocycles. The highest BCUT2D eigenvalue weighted by molar-refractivity contribution is 5.58. The molecule has 0 saturated carbocycles. The molecule has 1 aromatic rings. The van der Waals surface area contributed by atoms with Gasteiger partial charge in [0.05, 0.1) is 0 Å². The van der Waals surface area contributed by atoms with E-state index >= 15 is 0 Å². The molecule has 0 bridgehead atoms. The molecule has 2 aliphatic rings. The fourth-order valence-electron chi connectivity index (χ4n) is 3.64. The summed E-state index contributed by atoms with van der Waals surface area (Å²) < 4.78 is 0. The largest absolute Gasteiger partial charge is 0.370 e. The summed E-state index contributed by atoms with van der Waals surface area (Å²) >= 11 is 0. The van der Waals surface area contributed by atoms with Crippen molar-refractivity contribution in [3.63, 3.8) is 0 Å². The van der Waals surface area contributed by atoms with Crippen molar-refractivity contribution in [1.82, 2.24) is 5.32 Å². The predicted molar refractivity (Wildman–Crippen MR) is 82.0 cm³/mol. The number of hydrogen-bond acceptors (Lipinski definition) is 2. The molecule has 1 heterocycles. The lowest BCUT2D eigenvalue weighted by molar-refractivity contribution is 0.492. The van der Waals surface area contributed by atoms with Crippen LogP contribution in [0.4, 0.5) is 5.69 Å². The molecule has 0 spiro atoms. The minimum Gasteiger partial charge on any atom is -0.370 e. The Morgan fingerprint density at radius 1 is 1.21 bits per heavy atom. The molecule has 1 aromatic carbocycles. The zero-order valence-corrected chi connectivity index (χ0v) is 12.3. The van der Waals surface area contributed by atoms with E-state index in [0.29, 0.717) is 12.1 Å². The van der Waals surface area contributed by atoms with Crippen molar-refractivity contribution in [2.24, 2.45) is 0 Å². The second-order valence-electron chi connectivity index (χ2n) is 6.37. The Kier molecular flexibility index (Phi) is 3.79. The molecule has 0 aromatic heterocycles. The predicted octanol–water partition coefficient (Wildman–Crippen LogP) is 3.14. The van der Waals surface area contributed by atoms with E-state index < -0.39 is 0 Å². The van der Waals surface area contributed by atoms with E-state index in [-0.39, 0.29) is 0 Å². The van der Waals surface area contributed by atoms with Gasteiger partial charge in [-0.15, -0.1) is 0 Å². The Morgan fingerprint density at radius 3 is 2.89 bits per heavy atom. The van der Waals surface area contributed by atoms with E-state index in [9.17, 15) is 0 Å². The Morgan fingerprint density at radius 2 is 2.05 bits per heavy atom. The maximum atomic E-state index is 3.68. The Balaban J connectivity index is 1.76. The van der Waals surface area contributed by atoms with Crippen LogP contribution in [0.3, 0.4) is 0 Å². The Labute approximate surface area is 117 Å². The minimum absolute atomic E-state index is 0.592. The summed E-state index contributed by atoms with van der Waals surface area (Å²) in [6.45, 7) is 6.87. The molecule has 0 amide bonds. The van der Waals surface area contributed by atoms with Crippen LogP contribution in [0.5, 0.6) is 0 Å². The summed E-state index contributed by atoms with van der Waals surface area (Å²) in [6.07, 6.45) is 6.58. The third-order valence-corrected chi connectivity index (χ3v) is 4.47. The molecule has 1 aliphatic heterocycles. The highest BCUT2D eigenvalue weighted by Crippen LogP contribution is 2.32. The molecule has 1 N–H and O–H groups in total. The average molecular weight is 258 g/mol. The van der Waals surface area contributed by atoms with E-state index in [1.165, 1.54) is 50.9 Å². The van der Waals surface area contributed by atoms with Crippen LogP contribution in [-0.2, 0) is 12.8 Å². The van der Waals surface area contributed by atoms with Gasteiger partial charge in [0.15, 0.2) is 0 Å². The summed E-state index contributed by atoms with van der Waals surface area (Å²) in [4.78, 5) is 2.60. The van der Waals surface area contributed by atoms with Gasteiger partial charge in [-0.1, -0.05) is 26.0 Å². The number of aryl methyl sites for hydroxylation is 1. The second kappa shape index (κ2) is 5.54. The van der Waals surface area contributed by atoms with Gasteiger partial charge in [0.25, 0.3) is 0 Å². The summed E-state index contributed by atoms with van der Waals surface area (Å²) in [5.74, 6) is 0. The molecule has 1 unspecified atom stereocenters. The van der Waals surface area contributed by atoms with Crippen LogP contribution in [0, 0.1) is 0 Å². The van der Waals surface area contributed by atoms with Crippen LogP contribution < -0.4 is 10.2 Å². The molecular formula is C17H26N2. The zero-order chi connectivity index (χ0) is 13.2. The number of rotatable bonds is 3. The van der Waals surface area contributed by atoms with E-state index in [2.05, 4.69) is 42.3 Å². The smallest absolute Gasteiger partial charge is 0.0402 e. The van der Waals surface area contributed by atoms with E-state index in [0.717, 1.165) is 0 Å². The first kappa shape index (κ1) is 13.0. The lowest BCUT2D eigenvalue weighted by atomic mass is 9.90. The van der Waals surface area contributed by atoms with E-state index in [1.807, 2.05) is 0 Å². The van der Waals surface area contributed by atoms with Crippen molar-refractivity contribution in [3.8, 4) is 0 Å². The van der Waals surface area contributed by atoms with E-state index in [1.54, 1.807) is 11.1 Å². The monoisotopic (exact) mass is 258 g/mol. The first-order chi connectivity index (χ1) is 9.24. The van der Waals surface area contributed by atoms with Gasteiger partial charge in [-0.05, 0) is 49.3 Å². The highest BCUT2D eigenvalue weighted by atomic mass is 15.2. The van der Waals surface area contributed by atoms with Gasteiger partial charge in [0.1, 0.15) is 0 Å². The number of nitrogens with one attached hydrogen (secondary N) is 1. The van der Waals surface area contributed by atoms with Crippen molar-refractivity contribution in [1.29, 1.82) is 0 Å². The second-order valence-corrected chi connectivity index (χ2v) is 6.37. The van der Waals surface area contributed by atoms with Gasteiger partial charge in [0.2, 0.25) is 0 Å². The van der Waals surface area contributed by atoms with Gasteiger partial charge in [-0.2, -0.15) is 0 Å². The molecule has 0 radical (unpaired) electrons. The lowest BCUT2D eigenvalue weighted by Gasteiger charge is -2.26. The Bertz CT molecular complexity index is 439. The summed E-state index contributed by atoms with van der Waals surface area (Å²) in [5, 5.41) is 3.68. The lowest BCUT2D eigenvalue weighted by Crippen LogP contribution is -2.37. The number of anilines is 1. The minimum atomic E-state index is 0.592. The van der Waals surface area contributed by atoms with Crippen LogP contribution in [0.2, 0.25) is 0 Å². The van der Waals surface area contributed by atoms with Gasteiger partial charge >= 0.3 is 0 Å². The van der Waals surface area contributed by atoms with Gasteiger partial charge in [-0.3, -0.25) is 0 Å². The standard InChI is InChI=1S/C17H26N2/c1-13(2)18-15-10-11-19(12-15)17-9-5-7-14-6-3-4-8-16(14)17/h5,7,9,13,15,18H,3-4,6,8,10-12H2,1-2H3. The normalized spacial score (nSPS) is 22.9. The third-order valence-electron chi connectivity index (χ3n) is 4.47. The quantitative estimate of drug-likeness (QED) is 0.896. The topological polar surface area (TPSA) is 15.3 Å².